The number of pyridine rings is 2. The van der Waals surface area contributed by atoms with Crippen molar-refractivity contribution in [3.63, 3.8) is 0 Å². The molecule has 0 aliphatic carbocycles. The zero-order valence-corrected chi connectivity index (χ0v) is 15.8. The highest BCUT2D eigenvalue weighted by atomic mass is 19.4. The number of halogens is 3. The van der Waals surface area contributed by atoms with Gasteiger partial charge in [0.25, 0.3) is 0 Å². The summed E-state index contributed by atoms with van der Waals surface area (Å²) in [6.45, 7) is 3.36. The SMILES string of the molecule is CC1CCN(c2nc(C(F)(F)F)ccc2CNC(=O)Nc2ccc(=O)[nH]c2)CC1. The Kier molecular flexibility index (Phi) is 6.09. The molecule has 0 spiro atoms. The van der Waals surface area contributed by atoms with E-state index in [2.05, 4.69) is 27.5 Å². The molecule has 0 unspecified atom stereocenters. The largest absolute Gasteiger partial charge is 0.433 e. The number of anilines is 2. The van der Waals surface area contributed by atoms with Gasteiger partial charge in [0.1, 0.15) is 11.5 Å². The number of hydrogen-bond acceptors (Lipinski definition) is 4. The number of urea groups is 1. The number of amides is 2. The maximum atomic E-state index is 13.1. The van der Waals surface area contributed by atoms with Crippen molar-refractivity contribution in [1.29, 1.82) is 0 Å². The van der Waals surface area contributed by atoms with Gasteiger partial charge in [0, 0.05) is 37.5 Å². The minimum absolute atomic E-state index is 0.0156. The van der Waals surface area contributed by atoms with E-state index in [4.69, 9.17) is 0 Å². The fraction of sp³-hybridized carbons (Fsp3) is 0.421. The number of piperidine rings is 1. The van der Waals surface area contributed by atoms with Crippen molar-refractivity contribution >= 4 is 17.5 Å². The number of rotatable bonds is 4. The number of aromatic amines is 1. The molecule has 3 rings (SSSR count). The van der Waals surface area contributed by atoms with E-state index >= 15 is 0 Å². The molecule has 0 radical (unpaired) electrons. The molecule has 0 aromatic carbocycles. The highest BCUT2D eigenvalue weighted by Crippen LogP contribution is 2.32. The van der Waals surface area contributed by atoms with Crippen LogP contribution in [0.25, 0.3) is 0 Å². The minimum Gasteiger partial charge on any atom is -0.356 e. The number of carbonyl (C=O) groups is 1. The lowest BCUT2D eigenvalue weighted by atomic mass is 9.99. The van der Waals surface area contributed by atoms with E-state index in [0.717, 1.165) is 18.9 Å². The van der Waals surface area contributed by atoms with Crippen LogP contribution in [-0.2, 0) is 12.7 Å². The molecule has 3 N–H and O–H groups in total. The quantitative estimate of drug-likeness (QED) is 0.723. The predicted octanol–water partition coefficient (Wildman–Crippen LogP) is 3.35. The molecule has 29 heavy (non-hydrogen) atoms. The van der Waals surface area contributed by atoms with E-state index in [9.17, 15) is 22.8 Å². The van der Waals surface area contributed by atoms with Crippen LogP contribution >= 0.6 is 0 Å². The third kappa shape index (κ3) is 5.49. The fourth-order valence-corrected chi connectivity index (χ4v) is 3.11. The third-order valence-electron chi connectivity index (χ3n) is 4.81. The van der Waals surface area contributed by atoms with Gasteiger partial charge >= 0.3 is 12.2 Å². The molecule has 7 nitrogen and oxygen atoms in total. The summed E-state index contributed by atoms with van der Waals surface area (Å²) in [5.41, 5.74) is -0.359. The standard InChI is InChI=1S/C19H22F3N5O2/c1-12-6-8-27(9-7-12)17-13(2-4-15(26-17)19(20,21)22)10-24-18(29)25-14-3-5-16(28)23-11-14/h2-5,11-12H,6-10H2,1H3,(H,23,28)(H2,24,25,29). The van der Waals surface area contributed by atoms with Crippen molar-refractivity contribution in [2.45, 2.75) is 32.5 Å². The molecule has 1 aliphatic heterocycles. The van der Waals surface area contributed by atoms with Crippen LogP contribution < -0.4 is 21.1 Å². The molecule has 1 saturated heterocycles. The molecule has 2 aromatic heterocycles. The molecule has 156 valence electrons. The van der Waals surface area contributed by atoms with Crippen LogP contribution in [0.4, 0.5) is 29.5 Å². The summed E-state index contributed by atoms with van der Waals surface area (Å²) in [7, 11) is 0. The second-order valence-electron chi connectivity index (χ2n) is 7.10. The van der Waals surface area contributed by atoms with Crippen LogP contribution in [0.3, 0.4) is 0 Å². The summed E-state index contributed by atoms with van der Waals surface area (Å²) in [4.78, 5) is 31.3. The van der Waals surface area contributed by atoms with Crippen LogP contribution in [0.2, 0.25) is 0 Å². The molecule has 0 atom stereocenters. The van der Waals surface area contributed by atoms with Crippen molar-refractivity contribution in [3.8, 4) is 0 Å². The number of aromatic nitrogens is 2. The Balaban J connectivity index is 1.74. The highest BCUT2D eigenvalue weighted by Gasteiger charge is 2.34. The number of hydrogen-bond donors (Lipinski definition) is 3. The van der Waals surface area contributed by atoms with Crippen LogP contribution in [0.5, 0.6) is 0 Å². The maximum Gasteiger partial charge on any atom is 0.433 e. The lowest BCUT2D eigenvalue weighted by molar-refractivity contribution is -0.141. The zero-order valence-electron chi connectivity index (χ0n) is 15.8. The Morgan fingerprint density at radius 2 is 1.97 bits per heavy atom. The summed E-state index contributed by atoms with van der Waals surface area (Å²) in [5.74, 6) is 0.762. The van der Waals surface area contributed by atoms with Gasteiger partial charge in [-0.2, -0.15) is 13.2 Å². The minimum atomic E-state index is -4.54. The molecular formula is C19H22F3N5O2. The average Bonchev–Trinajstić information content (AvgIpc) is 2.68. The Bertz CT molecular complexity index is 900. The Morgan fingerprint density at radius 1 is 1.24 bits per heavy atom. The van der Waals surface area contributed by atoms with Gasteiger partial charge < -0.3 is 20.5 Å². The van der Waals surface area contributed by atoms with Crippen LogP contribution in [0, 0.1) is 5.92 Å². The molecule has 1 fully saturated rings. The van der Waals surface area contributed by atoms with E-state index < -0.39 is 17.9 Å². The van der Waals surface area contributed by atoms with Gasteiger partial charge in [-0.15, -0.1) is 0 Å². The van der Waals surface area contributed by atoms with Gasteiger partial charge in [0.05, 0.1) is 5.69 Å². The van der Waals surface area contributed by atoms with Crippen molar-refractivity contribution in [2.75, 3.05) is 23.3 Å². The van der Waals surface area contributed by atoms with Gasteiger partial charge in [-0.25, -0.2) is 9.78 Å². The first-order valence-corrected chi connectivity index (χ1v) is 9.28. The van der Waals surface area contributed by atoms with E-state index in [1.807, 2.05) is 4.90 Å². The van der Waals surface area contributed by atoms with Gasteiger partial charge in [-0.3, -0.25) is 4.79 Å². The zero-order chi connectivity index (χ0) is 21.0. The number of alkyl halides is 3. The number of nitrogens with zero attached hydrogens (tertiary/aromatic N) is 2. The van der Waals surface area contributed by atoms with Gasteiger partial charge in [0.15, 0.2) is 0 Å². The van der Waals surface area contributed by atoms with Crippen LogP contribution in [0.1, 0.15) is 31.0 Å². The molecule has 0 saturated carbocycles. The van der Waals surface area contributed by atoms with Crippen molar-refractivity contribution < 1.29 is 18.0 Å². The number of carbonyl (C=O) groups excluding carboxylic acids is 1. The summed E-state index contributed by atoms with van der Waals surface area (Å²) in [6.07, 6.45) is -1.44. The molecule has 3 heterocycles. The lowest BCUT2D eigenvalue weighted by Gasteiger charge is -2.33. The highest BCUT2D eigenvalue weighted by molar-refractivity contribution is 5.89. The predicted molar refractivity (Wildman–Crippen MR) is 103 cm³/mol. The third-order valence-corrected chi connectivity index (χ3v) is 4.81. The first-order chi connectivity index (χ1) is 13.7. The van der Waals surface area contributed by atoms with Gasteiger partial charge in [-0.1, -0.05) is 13.0 Å². The first-order valence-electron chi connectivity index (χ1n) is 9.28. The summed E-state index contributed by atoms with van der Waals surface area (Å²) in [5, 5.41) is 5.16. The Morgan fingerprint density at radius 3 is 2.59 bits per heavy atom. The number of nitrogens with one attached hydrogen (secondary N) is 3. The van der Waals surface area contributed by atoms with E-state index in [0.29, 0.717) is 30.3 Å². The van der Waals surface area contributed by atoms with E-state index in [1.54, 1.807) is 0 Å². The van der Waals surface area contributed by atoms with Gasteiger partial charge in [-0.05, 0) is 30.9 Å². The van der Waals surface area contributed by atoms with Crippen molar-refractivity contribution in [2.24, 2.45) is 5.92 Å². The second kappa shape index (κ2) is 8.54. The van der Waals surface area contributed by atoms with Crippen LogP contribution in [0.15, 0.2) is 35.3 Å². The summed E-state index contributed by atoms with van der Waals surface area (Å²) >= 11 is 0. The molecule has 1 aliphatic rings. The Hall–Kier alpha value is -3.04. The lowest BCUT2D eigenvalue weighted by Crippen LogP contribution is -2.35. The molecule has 0 bridgehead atoms. The maximum absolute atomic E-state index is 13.1. The van der Waals surface area contributed by atoms with Gasteiger partial charge in [0.2, 0.25) is 5.56 Å². The first kappa shape index (κ1) is 20.7. The molecule has 2 amide bonds. The Labute approximate surface area is 165 Å². The van der Waals surface area contributed by atoms with Crippen molar-refractivity contribution in [3.05, 3.63) is 52.1 Å². The fourth-order valence-electron chi connectivity index (χ4n) is 3.11. The average molecular weight is 409 g/mol. The number of H-pyrrole nitrogens is 1. The van der Waals surface area contributed by atoms with Crippen LogP contribution in [-0.4, -0.2) is 29.1 Å². The van der Waals surface area contributed by atoms with E-state index in [1.165, 1.54) is 24.4 Å². The summed E-state index contributed by atoms with van der Waals surface area (Å²) in [6, 6.07) is 4.44. The summed E-state index contributed by atoms with van der Waals surface area (Å²) < 4.78 is 39.4. The topological polar surface area (TPSA) is 90.1 Å². The molecular weight excluding hydrogens is 387 g/mol. The monoisotopic (exact) mass is 409 g/mol. The molecule has 10 heteroatoms. The smallest absolute Gasteiger partial charge is 0.356 e. The normalized spacial score (nSPS) is 15.2. The van der Waals surface area contributed by atoms with E-state index in [-0.39, 0.29) is 17.9 Å². The second-order valence-corrected chi connectivity index (χ2v) is 7.10. The van der Waals surface area contributed by atoms with Crippen molar-refractivity contribution in [1.82, 2.24) is 15.3 Å². The molecule has 2 aromatic rings.